The van der Waals surface area contributed by atoms with Crippen molar-refractivity contribution in [3.8, 4) is 5.75 Å². The fourth-order valence-electron chi connectivity index (χ4n) is 2.58. The van der Waals surface area contributed by atoms with E-state index in [1.807, 2.05) is 0 Å². The first kappa shape index (κ1) is 15.8. The number of rotatable bonds is 4. The molecule has 0 aromatic heterocycles. The molecule has 0 spiro atoms. The number of carbonyl (C=O) groups is 1. The first-order valence-electron chi connectivity index (χ1n) is 7.51. The van der Waals surface area contributed by atoms with Gasteiger partial charge in [-0.3, -0.25) is 4.79 Å². The summed E-state index contributed by atoms with van der Waals surface area (Å²) in [6, 6.07) is 3.50. The van der Waals surface area contributed by atoms with E-state index in [1.165, 1.54) is 12.1 Å². The number of aromatic hydroxyl groups is 1. The molecule has 5 heteroatoms. The van der Waals surface area contributed by atoms with Gasteiger partial charge in [0.2, 0.25) is 0 Å². The van der Waals surface area contributed by atoms with Crippen molar-refractivity contribution >= 4 is 5.91 Å². The molecule has 0 saturated carbocycles. The molecule has 1 aliphatic heterocycles. The van der Waals surface area contributed by atoms with E-state index < -0.39 is 5.82 Å². The van der Waals surface area contributed by atoms with E-state index in [4.69, 9.17) is 4.74 Å². The van der Waals surface area contributed by atoms with Crippen LogP contribution in [-0.2, 0) is 4.74 Å². The normalized spacial score (nSPS) is 19.3. The molecule has 1 saturated heterocycles. The predicted molar refractivity (Wildman–Crippen MR) is 77.9 cm³/mol. The number of likely N-dealkylation sites (tertiary alicyclic amines) is 1. The predicted octanol–water partition coefficient (Wildman–Crippen LogP) is 2.95. The molecule has 1 fully saturated rings. The molecule has 1 aromatic carbocycles. The number of phenols is 1. The molecule has 4 nitrogen and oxygen atoms in total. The third-order valence-electron chi connectivity index (χ3n) is 3.71. The Balaban J connectivity index is 1.99. The Morgan fingerprint density at radius 3 is 2.95 bits per heavy atom. The smallest absolute Gasteiger partial charge is 0.257 e. The molecule has 0 bridgehead atoms. The Hall–Kier alpha value is -1.62. The van der Waals surface area contributed by atoms with E-state index in [0.717, 1.165) is 38.4 Å². The molecule has 1 amide bonds. The molecule has 1 N–H and O–H groups in total. The first-order valence-corrected chi connectivity index (χ1v) is 7.51. The zero-order chi connectivity index (χ0) is 15.2. The number of hydrogen-bond acceptors (Lipinski definition) is 3. The van der Waals surface area contributed by atoms with Crippen molar-refractivity contribution < 1.29 is 19.0 Å². The van der Waals surface area contributed by atoms with Gasteiger partial charge in [0.15, 0.2) is 0 Å². The van der Waals surface area contributed by atoms with Crippen LogP contribution in [0.4, 0.5) is 4.39 Å². The second kappa shape index (κ2) is 7.41. The Labute approximate surface area is 124 Å². The molecular weight excluding hydrogens is 273 g/mol. The fraction of sp³-hybridized carbons (Fsp3) is 0.562. The Bertz CT molecular complexity index is 492. The highest BCUT2D eigenvalue weighted by Crippen LogP contribution is 2.22. The number of nitrogens with zero attached hydrogens (tertiary/aromatic N) is 1. The minimum absolute atomic E-state index is 0.157. The lowest BCUT2D eigenvalue weighted by Crippen LogP contribution is -2.32. The van der Waals surface area contributed by atoms with Crippen LogP contribution in [0, 0.1) is 5.82 Å². The molecular formula is C16H22FNO3. The number of carbonyl (C=O) groups excluding carboxylic acids is 1. The van der Waals surface area contributed by atoms with Crippen molar-refractivity contribution in [2.45, 2.75) is 38.7 Å². The number of hydrogen-bond donors (Lipinski definition) is 1. The van der Waals surface area contributed by atoms with E-state index in [1.54, 1.807) is 4.90 Å². The second-order valence-electron chi connectivity index (χ2n) is 5.38. The van der Waals surface area contributed by atoms with Gasteiger partial charge in [-0.1, -0.05) is 6.92 Å². The summed E-state index contributed by atoms with van der Waals surface area (Å²) < 4.78 is 18.7. The lowest BCUT2D eigenvalue weighted by atomic mass is 10.1. The van der Waals surface area contributed by atoms with Crippen molar-refractivity contribution in [2.24, 2.45) is 0 Å². The van der Waals surface area contributed by atoms with Crippen LogP contribution in [0.5, 0.6) is 5.75 Å². The van der Waals surface area contributed by atoms with Crippen molar-refractivity contribution in [1.82, 2.24) is 4.90 Å². The topological polar surface area (TPSA) is 49.8 Å². The number of ether oxygens (including phenoxy) is 1. The highest BCUT2D eigenvalue weighted by atomic mass is 19.1. The van der Waals surface area contributed by atoms with Gasteiger partial charge in [-0.05, 0) is 37.8 Å². The maximum Gasteiger partial charge on any atom is 0.257 e. The molecule has 1 atom stereocenters. The molecule has 1 aromatic rings. The summed E-state index contributed by atoms with van der Waals surface area (Å²) in [4.78, 5) is 14.1. The van der Waals surface area contributed by atoms with E-state index in [-0.39, 0.29) is 23.3 Å². The number of halogens is 1. The maximum absolute atomic E-state index is 13.0. The summed E-state index contributed by atoms with van der Waals surface area (Å²) >= 11 is 0. The third kappa shape index (κ3) is 4.17. The van der Waals surface area contributed by atoms with Crippen molar-refractivity contribution in [2.75, 3.05) is 19.7 Å². The van der Waals surface area contributed by atoms with E-state index in [9.17, 15) is 14.3 Å². The van der Waals surface area contributed by atoms with E-state index in [0.29, 0.717) is 13.1 Å². The van der Waals surface area contributed by atoms with Gasteiger partial charge >= 0.3 is 0 Å². The van der Waals surface area contributed by atoms with E-state index >= 15 is 0 Å². The molecule has 1 heterocycles. The molecule has 116 valence electrons. The summed E-state index contributed by atoms with van der Waals surface area (Å²) in [6.45, 7) is 4.06. The minimum atomic E-state index is -0.548. The van der Waals surface area contributed by atoms with Crippen LogP contribution in [0.1, 0.15) is 43.0 Å². The maximum atomic E-state index is 13.0. The minimum Gasteiger partial charge on any atom is -0.507 e. The van der Waals surface area contributed by atoms with Crippen LogP contribution in [0.3, 0.4) is 0 Å². The van der Waals surface area contributed by atoms with Crippen molar-refractivity contribution in [3.63, 3.8) is 0 Å². The van der Waals surface area contributed by atoms with Gasteiger partial charge in [0, 0.05) is 25.8 Å². The molecule has 0 unspecified atom stereocenters. The quantitative estimate of drug-likeness (QED) is 0.929. The average molecular weight is 295 g/mol. The van der Waals surface area contributed by atoms with Crippen LogP contribution in [-0.4, -0.2) is 41.7 Å². The Kier molecular flexibility index (Phi) is 5.56. The Morgan fingerprint density at radius 1 is 1.43 bits per heavy atom. The van der Waals surface area contributed by atoms with Gasteiger partial charge in [-0.25, -0.2) is 4.39 Å². The molecule has 21 heavy (non-hydrogen) atoms. The van der Waals surface area contributed by atoms with Gasteiger partial charge < -0.3 is 14.7 Å². The van der Waals surface area contributed by atoms with Crippen molar-refractivity contribution in [3.05, 3.63) is 29.6 Å². The zero-order valence-corrected chi connectivity index (χ0v) is 12.3. The SMILES string of the molecule is CCCO[C@H]1CCCN(C(=O)c2ccc(F)cc2O)CC1. The van der Waals surface area contributed by atoms with Crippen molar-refractivity contribution in [1.29, 1.82) is 0 Å². The van der Waals surface area contributed by atoms with E-state index in [2.05, 4.69) is 6.92 Å². The summed E-state index contributed by atoms with van der Waals surface area (Å²) in [5.41, 5.74) is 0.157. The Morgan fingerprint density at radius 2 is 2.24 bits per heavy atom. The average Bonchev–Trinajstić information content (AvgIpc) is 2.70. The lowest BCUT2D eigenvalue weighted by Gasteiger charge is -2.21. The molecule has 2 rings (SSSR count). The second-order valence-corrected chi connectivity index (χ2v) is 5.38. The van der Waals surface area contributed by atoms with Gasteiger partial charge in [-0.2, -0.15) is 0 Å². The standard InChI is InChI=1S/C16H22FNO3/c1-2-10-21-13-4-3-8-18(9-7-13)16(20)14-6-5-12(17)11-15(14)19/h5-6,11,13,19H,2-4,7-10H2,1H3/t13-/m0/s1. The zero-order valence-electron chi connectivity index (χ0n) is 12.3. The number of phenolic OH excluding ortho intramolecular Hbond substituents is 1. The van der Waals surface area contributed by atoms with Crippen LogP contribution in [0.25, 0.3) is 0 Å². The molecule has 1 aliphatic rings. The third-order valence-corrected chi connectivity index (χ3v) is 3.71. The monoisotopic (exact) mass is 295 g/mol. The van der Waals surface area contributed by atoms with Gasteiger partial charge in [0.05, 0.1) is 11.7 Å². The van der Waals surface area contributed by atoms with Crippen LogP contribution in [0.15, 0.2) is 18.2 Å². The van der Waals surface area contributed by atoms with Crippen LogP contribution < -0.4 is 0 Å². The largest absolute Gasteiger partial charge is 0.507 e. The highest BCUT2D eigenvalue weighted by molar-refractivity contribution is 5.96. The molecule has 0 radical (unpaired) electrons. The lowest BCUT2D eigenvalue weighted by molar-refractivity contribution is 0.0432. The van der Waals surface area contributed by atoms with Crippen LogP contribution in [0.2, 0.25) is 0 Å². The summed E-state index contributed by atoms with van der Waals surface area (Å²) in [5.74, 6) is -1.10. The van der Waals surface area contributed by atoms with Gasteiger partial charge in [0.25, 0.3) is 5.91 Å². The van der Waals surface area contributed by atoms with Crippen LogP contribution >= 0.6 is 0 Å². The summed E-state index contributed by atoms with van der Waals surface area (Å²) in [6.07, 6.45) is 3.81. The number of amides is 1. The summed E-state index contributed by atoms with van der Waals surface area (Å²) in [7, 11) is 0. The molecule has 0 aliphatic carbocycles. The number of benzene rings is 1. The highest BCUT2D eigenvalue weighted by Gasteiger charge is 2.23. The fourth-order valence-corrected chi connectivity index (χ4v) is 2.58. The van der Waals surface area contributed by atoms with Gasteiger partial charge in [0.1, 0.15) is 11.6 Å². The first-order chi connectivity index (χ1) is 10.1. The van der Waals surface area contributed by atoms with Gasteiger partial charge in [-0.15, -0.1) is 0 Å². The summed E-state index contributed by atoms with van der Waals surface area (Å²) in [5, 5.41) is 9.72.